The van der Waals surface area contributed by atoms with Crippen LogP contribution < -0.4 is 5.32 Å². The standard InChI is InChI=1S/C26H29N3O5S/c30-25(27-22-11-4-3-5-12-22)20-28(19-23-13-9-17-34-23)26(31)21-10-8-14-24(18-21)35(32,33)29-15-6-1-2-7-16-29/h3-5,8-14,17-18H,1-2,6-7,15-16,19-20H2,(H,27,30). The van der Waals surface area contributed by atoms with Crippen LogP contribution in [0.1, 0.15) is 41.8 Å². The van der Waals surface area contributed by atoms with Crippen molar-refractivity contribution >= 4 is 27.5 Å². The maximum Gasteiger partial charge on any atom is 0.254 e. The Balaban J connectivity index is 1.56. The molecule has 0 unspecified atom stereocenters. The number of hydrogen-bond acceptors (Lipinski definition) is 5. The Morgan fingerprint density at radius 3 is 2.34 bits per heavy atom. The normalized spacial score (nSPS) is 14.7. The molecule has 2 aromatic carbocycles. The molecule has 9 heteroatoms. The second-order valence-corrected chi connectivity index (χ2v) is 10.4. The van der Waals surface area contributed by atoms with Gasteiger partial charge in [0.15, 0.2) is 0 Å². The largest absolute Gasteiger partial charge is 0.467 e. The van der Waals surface area contributed by atoms with E-state index >= 15 is 0 Å². The van der Waals surface area contributed by atoms with Gasteiger partial charge in [-0.15, -0.1) is 0 Å². The fraction of sp³-hybridized carbons (Fsp3) is 0.308. The first-order valence-corrected chi connectivity index (χ1v) is 13.1. The van der Waals surface area contributed by atoms with Gasteiger partial charge < -0.3 is 14.6 Å². The van der Waals surface area contributed by atoms with Crippen molar-refractivity contribution < 1.29 is 22.4 Å². The van der Waals surface area contributed by atoms with E-state index in [1.807, 2.05) is 6.07 Å². The van der Waals surface area contributed by atoms with Gasteiger partial charge >= 0.3 is 0 Å². The first-order valence-electron chi connectivity index (χ1n) is 11.7. The van der Waals surface area contributed by atoms with E-state index in [0.29, 0.717) is 24.5 Å². The van der Waals surface area contributed by atoms with Gasteiger partial charge in [-0.05, 0) is 55.3 Å². The van der Waals surface area contributed by atoms with Gasteiger partial charge in [-0.1, -0.05) is 37.1 Å². The molecule has 1 aromatic heterocycles. The van der Waals surface area contributed by atoms with Crippen molar-refractivity contribution in [3.05, 3.63) is 84.3 Å². The molecule has 2 amide bonds. The highest BCUT2D eigenvalue weighted by molar-refractivity contribution is 7.89. The van der Waals surface area contributed by atoms with Gasteiger partial charge in [-0.25, -0.2) is 8.42 Å². The molecular formula is C26H29N3O5S. The average Bonchev–Trinajstić information content (AvgIpc) is 3.22. The van der Waals surface area contributed by atoms with Crippen LogP contribution in [-0.2, 0) is 21.4 Å². The lowest BCUT2D eigenvalue weighted by Crippen LogP contribution is -2.37. The van der Waals surface area contributed by atoms with E-state index in [2.05, 4.69) is 5.32 Å². The van der Waals surface area contributed by atoms with Gasteiger partial charge in [-0.2, -0.15) is 4.31 Å². The van der Waals surface area contributed by atoms with Crippen molar-refractivity contribution in [1.29, 1.82) is 0 Å². The van der Waals surface area contributed by atoms with Gasteiger partial charge in [0.05, 0.1) is 17.7 Å². The summed E-state index contributed by atoms with van der Waals surface area (Å²) in [6.45, 7) is 0.796. The number of rotatable bonds is 8. The minimum Gasteiger partial charge on any atom is -0.467 e. The summed E-state index contributed by atoms with van der Waals surface area (Å²) in [6, 6.07) is 18.4. The molecule has 8 nitrogen and oxygen atoms in total. The molecule has 1 saturated heterocycles. The van der Waals surface area contributed by atoms with E-state index in [4.69, 9.17) is 4.42 Å². The quantitative estimate of drug-likeness (QED) is 0.507. The third-order valence-electron chi connectivity index (χ3n) is 5.89. The molecule has 184 valence electrons. The number of benzene rings is 2. The number of para-hydroxylation sites is 1. The summed E-state index contributed by atoms with van der Waals surface area (Å²) in [4.78, 5) is 27.6. The summed E-state index contributed by atoms with van der Waals surface area (Å²) < 4.78 is 33.4. The summed E-state index contributed by atoms with van der Waals surface area (Å²) in [5.74, 6) is -0.318. The van der Waals surface area contributed by atoms with Gasteiger partial charge in [0.25, 0.3) is 5.91 Å². The molecule has 0 radical (unpaired) electrons. The van der Waals surface area contributed by atoms with Crippen LogP contribution in [0.15, 0.2) is 82.3 Å². The zero-order valence-electron chi connectivity index (χ0n) is 19.4. The molecular weight excluding hydrogens is 466 g/mol. The van der Waals surface area contributed by atoms with Crippen LogP contribution in [0.4, 0.5) is 5.69 Å². The van der Waals surface area contributed by atoms with Crippen molar-refractivity contribution in [2.24, 2.45) is 0 Å². The van der Waals surface area contributed by atoms with Crippen molar-refractivity contribution in [2.75, 3.05) is 25.0 Å². The second kappa shape index (κ2) is 11.3. The number of carbonyl (C=O) groups is 2. The minimum atomic E-state index is -3.72. The van der Waals surface area contributed by atoms with E-state index in [1.165, 1.54) is 27.6 Å². The Hall–Kier alpha value is -3.43. The summed E-state index contributed by atoms with van der Waals surface area (Å²) in [6.07, 6.45) is 5.17. The van der Waals surface area contributed by atoms with Crippen LogP contribution in [0, 0.1) is 0 Å². The lowest BCUT2D eigenvalue weighted by Gasteiger charge is -2.23. The molecule has 1 aliphatic heterocycles. The second-order valence-electron chi connectivity index (χ2n) is 8.50. The fourth-order valence-electron chi connectivity index (χ4n) is 4.09. The predicted molar refractivity (Wildman–Crippen MR) is 132 cm³/mol. The summed E-state index contributed by atoms with van der Waals surface area (Å²) in [5, 5.41) is 2.78. The molecule has 0 spiro atoms. The van der Waals surface area contributed by atoms with E-state index < -0.39 is 15.9 Å². The first-order chi connectivity index (χ1) is 16.9. The third-order valence-corrected chi connectivity index (χ3v) is 7.78. The third kappa shape index (κ3) is 6.37. The molecule has 35 heavy (non-hydrogen) atoms. The Bertz CT molecular complexity index is 1240. The van der Waals surface area contributed by atoms with Gasteiger partial charge in [0.2, 0.25) is 15.9 Å². The molecule has 0 atom stereocenters. The van der Waals surface area contributed by atoms with Crippen LogP contribution >= 0.6 is 0 Å². The van der Waals surface area contributed by atoms with Crippen molar-refractivity contribution in [3.8, 4) is 0 Å². The predicted octanol–water partition coefficient (Wildman–Crippen LogP) is 4.13. The Labute approximate surface area is 205 Å². The first kappa shape index (κ1) is 24.7. The number of hydrogen-bond donors (Lipinski definition) is 1. The Morgan fingerprint density at radius 1 is 0.914 bits per heavy atom. The molecule has 0 bridgehead atoms. The molecule has 0 aliphatic carbocycles. The average molecular weight is 496 g/mol. The zero-order valence-corrected chi connectivity index (χ0v) is 20.2. The SMILES string of the molecule is O=C(CN(Cc1ccco1)C(=O)c1cccc(S(=O)(=O)N2CCCCCC2)c1)Nc1ccccc1. The van der Waals surface area contributed by atoms with Crippen LogP contribution in [0.3, 0.4) is 0 Å². The molecule has 2 heterocycles. The Morgan fingerprint density at radius 2 is 1.66 bits per heavy atom. The van der Waals surface area contributed by atoms with Crippen LogP contribution in [0.5, 0.6) is 0 Å². The maximum atomic E-state index is 13.5. The number of amides is 2. The fourth-order valence-corrected chi connectivity index (χ4v) is 5.65. The highest BCUT2D eigenvalue weighted by Gasteiger charge is 2.27. The number of sulfonamides is 1. The van der Waals surface area contributed by atoms with E-state index in [1.54, 1.807) is 48.5 Å². The topological polar surface area (TPSA) is 99.9 Å². The molecule has 0 saturated carbocycles. The van der Waals surface area contributed by atoms with Crippen molar-refractivity contribution in [1.82, 2.24) is 9.21 Å². The monoisotopic (exact) mass is 495 g/mol. The lowest BCUT2D eigenvalue weighted by atomic mass is 10.2. The van der Waals surface area contributed by atoms with E-state index in [-0.39, 0.29) is 29.5 Å². The summed E-state index contributed by atoms with van der Waals surface area (Å²) >= 11 is 0. The summed E-state index contributed by atoms with van der Waals surface area (Å²) in [7, 11) is -3.72. The number of anilines is 1. The minimum absolute atomic E-state index is 0.0666. The lowest BCUT2D eigenvalue weighted by molar-refractivity contribution is -0.117. The Kier molecular flexibility index (Phi) is 7.99. The highest BCUT2D eigenvalue weighted by Crippen LogP contribution is 2.22. The van der Waals surface area contributed by atoms with Crippen LogP contribution in [0.25, 0.3) is 0 Å². The maximum absolute atomic E-state index is 13.5. The van der Waals surface area contributed by atoms with E-state index in [0.717, 1.165) is 25.7 Å². The molecule has 1 aliphatic rings. The van der Waals surface area contributed by atoms with Crippen molar-refractivity contribution in [2.45, 2.75) is 37.1 Å². The van der Waals surface area contributed by atoms with Gasteiger partial charge in [-0.3, -0.25) is 9.59 Å². The summed E-state index contributed by atoms with van der Waals surface area (Å²) in [5.41, 5.74) is 0.813. The van der Waals surface area contributed by atoms with Crippen LogP contribution in [-0.4, -0.2) is 49.1 Å². The number of furan rings is 1. The molecule has 4 rings (SSSR count). The van der Waals surface area contributed by atoms with Crippen LogP contribution in [0.2, 0.25) is 0 Å². The molecule has 3 aromatic rings. The van der Waals surface area contributed by atoms with Gasteiger partial charge in [0, 0.05) is 24.3 Å². The number of nitrogens with zero attached hydrogens (tertiary/aromatic N) is 2. The highest BCUT2D eigenvalue weighted by atomic mass is 32.2. The number of carbonyl (C=O) groups excluding carboxylic acids is 2. The van der Waals surface area contributed by atoms with Crippen molar-refractivity contribution in [3.63, 3.8) is 0 Å². The smallest absolute Gasteiger partial charge is 0.254 e. The van der Waals surface area contributed by atoms with E-state index in [9.17, 15) is 18.0 Å². The molecule has 1 fully saturated rings. The van der Waals surface area contributed by atoms with Gasteiger partial charge in [0.1, 0.15) is 12.3 Å². The zero-order chi connectivity index (χ0) is 24.7. The molecule has 1 N–H and O–H groups in total. The number of nitrogens with one attached hydrogen (secondary N) is 1.